The maximum atomic E-state index is 11.6. The van der Waals surface area contributed by atoms with Gasteiger partial charge in [0.15, 0.2) is 0 Å². The first-order chi connectivity index (χ1) is 12.3. The van der Waals surface area contributed by atoms with Crippen molar-refractivity contribution in [1.82, 2.24) is 0 Å². The minimum atomic E-state index is -4.25. The summed E-state index contributed by atoms with van der Waals surface area (Å²) in [6.07, 6.45) is 1.01. The molecule has 0 aliphatic heterocycles. The molecule has 147 valence electrons. The molecule has 0 aliphatic rings. The Morgan fingerprint density at radius 2 is 1.70 bits per heavy atom. The van der Waals surface area contributed by atoms with Gasteiger partial charge in [-0.15, -0.1) is 0 Å². The fourth-order valence-electron chi connectivity index (χ4n) is 2.61. The van der Waals surface area contributed by atoms with Crippen LogP contribution in [0.4, 0.5) is 0 Å². The van der Waals surface area contributed by atoms with E-state index in [1.54, 1.807) is 24.3 Å². The molecule has 0 heterocycles. The van der Waals surface area contributed by atoms with E-state index in [0.717, 1.165) is 28.5 Å². The van der Waals surface area contributed by atoms with Gasteiger partial charge in [0.1, 0.15) is 0 Å². The summed E-state index contributed by atoms with van der Waals surface area (Å²) >= 11 is -1.18. The number of phenolic OH excluding ortho intramolecular Hbond substituents is 1. The Morgan fingerprint density at radius 3 is 2.22 bits per heavy atom. The number of ether oxygens (including phenoxy) is 1. The van der Waals surface area contributed by atoms with E-state index >= 15 is 0 Å². The molecule has 0 saturated carbocycles. The van der Waals surface area contributed by atoms with Crippen molar-refractivity contribution in [2.24, 2.45) is 0 Å². The third-order valence-corrected chi connectivity index (χ3v) is 8.82. The van der Waals surface area contributed by atoms with Crippen LogP contribution in [0.15, 0.2) is 30.3 Å². The van der Waals surface area contributed by atoms with E-state index in [2.05, 4.69) is 0 Å². The fraction of sp³-hybridized carbons (Fsp3) is 0.294. The van der Waals surface area contributed by atoms with E-state index in [4.69, 9.17) is 14.5 Å². The topological polar surface area (TPSA) is 121 Å². The van der Waals surface area contributed by atoms with Crippen molar-refractivity contribution in [1.29, 1.82) is 0 Å². The first-order valence-electron chi connectivity index (χ1n) is 7.86. The molecule has 3 N–H and O–H groups in total. The van der Waals surface area contributed by atoms with Gasteiger partial charge >= 0.3 is 164 Å². The summed E-state index contributed by atoms with van der Waals surface area (Å²) in [4.78, 5) is 17.8. The first-order valence-corrected chi connectivity index (χ1v) is 14.7. The number of hydrogen-bond acceptors (Lipinski definition) is 5. The molecule has 0 bridgehead atoms. The van der Waals surface area contributed by atoms with Crippen LogP contribution in [0, 0.1) is 13.8 Å². The summed E-state index contributed by atoms with van der Waals surface area (Å²) in [5.41, 5.74) is 3.66. The van der Waals surface area contributed by atoms with Crippen LogP contribution in [0.5, 0.6) is 11.5 Å². The minimum absolute atomic E-state index is 0.0150. The standard InChI is InChI=1S/C17H21AsO7PS/c1-11-6-14(25-10-26(20,21)22)7-12(2)15(11)8-13-4-5-17(19)16(9-13)18-27(3,23)24/h4-7,9,19H,8,10H2,1-3H3,(H2,20,21,22). The summed E-state index contributed by atoms with van der Waals surface area (Å²) in [7, 11) is -7.42. The van der Waals surface area contributed by atoms with Gasteiger partial charge in [-0.25, -0.2) is 0 Å². The van der Waals surface area contributed by atoms with Crippen molar-refractivity contribution in [2.45, 2.75) is 20.3 Å². The van der Waals surface area contributed by atoms with Gasteiger partial charge in [-0.05, 0) is 0 Å². The molecule has 0 unspecified atom stereocenters. The van der Waals surface area contributed by atoms with Gasteiger partial charge in [-0.2, -0.15) is 0 Å². The number of rotatable bonds is 7. The van der Waals surface area contributed by atoms with E-state index in [9.17, 15) is 18.1 Å². The second-order valence-electron chi connectivity index (χ2n) is 6.30. The molecular formula is C17H21AsO7PS. The Kier molecular flexibility index (Phi) is 6.82. The molecule has 0 saturated heterocycles. The predicted molar refractivity (Wildman–Crippen MR) is 105 cm³/mol. The average Bonchev–Trinajstić information content (AvgIpc) is 2.50. The van der Waals surface area contributed by atoms with Crippen molar-refractivity contribution in [3.8, 4) is 11.5 Å². The normalized spacial score (nSPS) is 12.6. The Hall–Kier alpha value is -1.30. The zero-order chi connectivity index (χ0) is 20.4. The predicted octanol–water partition coefficient (Wildman–Crippen LogP) is 1.40. The van der Waals surface area contributed by atoms with Gasteiger partial charge in [-0.1, -0.05) is 0 Å². The van der Waals surface area contributed by atoms with E-state index < -0.39 is 36.6 Å². The first kappa shape index (κ1) is 22.0. The molecule has 0 atom stereocenters. The summed E-state index contributed by atoms with van der Waals surface area (Å²) < 4.78 is 39.7. The van der Waals surface area contributed by atoms with Gasteiger partial charge in [0.25, 0.3) is 0 Å². The van der Waals surface area contributed by atoms with Gasteiger partial charge in [0, 0.05) is 0 Å². The molecule has 10 heteroatoms. The monoisotopic (exact) mass is 475 g/mol. The number of hydrogen-bond donors (Lipinski definition) is 3. The van der Waals surface area contributed by atoms with Crippen molar-refractivity contribution >= 4 is 34.6 Å². The van der Waals surface area contributed by atoms with Crippen LogP contribution < -0.4 is 9.09 Å². The summed E-state index contributed by atoms with van der Waals surface area (Å²) in [5.74, 6) is 0.365. The molecule has 0 amide bonds. The molecule has 1 radical (unpaired) electrons. The summed E-state index contributed by atoms with van der Waals surface area (Å²) in [5, 5.41) is 9.91. The summed E-state index contributed by atoms with van der Waals surface area (Å²) in [6.45, 7) is 3.74. The van der Waals surface area contributed by atoms with Crippen LogP contribution in [0.25, 0.3) is 0 Å². The van der Waals surface area contributed by atoms with Crippen LogP contribution in [0.3, 0.4) is 0 Å². The average molecular weight is 475 g/mol. The molecule has 0 spiro atoms. The van der Waals surface area contributed by atoms with Crippen LogP contribution in [-0.2, 0) is 19.1 Å². The van der Waals surface area contributed by atoms with Gasteiger partial charge < -0.3 is 0 Å². The number of phenols is 1. The van der Waals surface area contributed by atoms with Crippen molar-refractivity contribution < 1.29 is 32.6 Å². The van der Waals surface area contributed by atoms with Crippen LogP contribution in [-0.4, -0.2) is 50.5 Å². The molecule has 2 aromatic carbocycles. The second-order valence-corrected chi connectivity index (χ2v) is 15.9. The third kappa shape index (κ3) is 6.98. The quantitative estimate of drug-likeness (QED) is 0.409. The van der Waals surface area contributed by atoms with E-state index in [1.165, 1.54) is 6.07 Å². The molecule has 2 aromatic rings. The molecule has 0 fully saturated rings. The zero-order valence-electron chi connectivity index (χ0n) is 15.1. The fourth-order valence-corrected chi connectivity index (χ4v) is 7.10. The van der Waals surface area contributed by atoms with Gasteiger partial charge in [-0.3, -0.25) is 0 Å². The molecular weight excluding hydrogens is 454 g/mol. The Morgan fingerprint density at radius 1 is 1.11 bits per heavy atom. The number of aryl methyl sites for hydroxylation is 2. The zero-order valence-corrected chi connectivity index (χ0v) is 18.7. The van der Waals surface area contributed by atoms with Crippen LogP contribution in [0.1, 0.15) is 22.3 Å². The maximum absolute atomic E-state index is 11.6. The van der Waals surface area contributed by atoms with Crippen molar-refractivity contribution in [3.63, 3.8) is 0 Å². The Balaban J connectivity index is 2.27. The molecule has 2 rings (SSSR count). The van der Waals surface area contributed by atoms with E-state index in [-0.39, 0.29) is 5.75 Å². The van der Waals surface area contributed by atoms with Gasteiger partial charge in [0.05, 0.1) is 0 Å². The van der Waals surface area contributed by atoms with Crippen LogP contribution in [0.2, 0.25) is 0 Å². The molecule has 0 aromatic heterocycles. The van der Waals surface area contributed by atoms with Crippen molar-refractivity contribution in [2.75, 3.05) is 12.6 Å². The second kappa shape index (κ2) is 8.37. The SMILES string of the molecule is Cc1cc(OCP(=O)(O)O)cc(C)c1Cc1ccc(O)c([As]S(C)(=O)=O)c1. The molecule has 27 heavy (non-hydrogen) atoms. The Labute approximate surface area is 164 Å². The molecule has 7 nitrogen and oxygen atoms in total. The Bertz CT molecular complexity index is 975. The van der Waals surface area contributed by atoms with Crippen LogP contribution >= 0.6 is 7.60 Å². The van der Waals surface area contributed by atoms with E-state index in [1.807, 2.05) is 13.8 Å². The summed E-state index contributed by atoms with van der Waals surface area (Å²) in [6, 6.07) is 8.39. The number of aromatic hydroxyl groups is 1. The van der Waals surface area contributed by atoms with Crippen molar-refractivity contribution in [3.05, 3.63) is 52.6 Å². The third-order valence-electron chi connectivity index (χ3n) is 3.75. The van der Waals surface area contributed by atoms with E-state index in [0.29, 0.717) is 16.5 Å². The molecule has 0 aliphatic carbocycles. The van der Waals surface area contributed by atoms with Gasteiger partial charge in [0.2, 0.25) is 0 Å². The number of benzene rings is 2.